The van der Waals surface area contributed by atoms with E-state index in [2.05, 4.69) is 45.0 Å². The van der Waals surface area contributed by atoms with Gasteiger partial charge in [0.1, 0.15) is 5.60 Å². The van der Waals surface area contributed by atoms with E-state index in [4.69, 9.17) is 9.16 Å². The van der Waals surface area contributed by atoms with Gasteiger partial charge < -0.3 is 14.3 Å². The third-order valence-corrected chi connectivity index (χ3v) is 7.52. The highest BCUT2D eigenvalue weighted by molar-refractivity contribution is 6.80. The van der Waals surface area contributed by atoms with Gasteiger partial charge in [-0.2, -0.15) is 0 Å². The number of ether oxygens (including phenoxy) is 1. The van der Waals surface area contributed by atoms with Crippen molar-refractivity contribution in [2.24, 2.45) is 5.41 Å². The maximum absolute atomic E-state index is 13.0. The van der Waals surface area contributed by atoms with Gasteiger partial charge in [-0.25, -0.2) is 9.36 Å². The molecule has 3 rings (SSSR count). The van der Waals surface area contributed by atoms with E-state index in [1.165, 1.54) is 10.6 Å². The molecule has 1 unspecified atom stereocenters. The third kappa shape index (κ3) is 5.69. The molecule has 0 bridgehead atoms. The van der Waals surface area contributed by atoms with E-state index in [9.17, 15) is 9.90 Å². The first-order valence-electron chi connectivity index (χ1n) is 10.9. The topological polar surface area (TPSA) is 60.7 Å². The number of hydrogen-bond donors (Lipinski definition) is 1. The van der Waals surface area contributed by atoms with Crippen LogP contribution in [0.25, 0.3) is 0 Å². The molecule has 1 N–H and O–H groups in total. The van der Waals surface area contributed by atoms with Crippen molar-refractivity contribution in [1.82, 2.24) is 4.57 Å². The summed E-state index contributed by atoms with van der Waals surface area (Å²) in [7, 11) is -2.11. The van der Waals surface area contributed by atoms with Crippen molar-refractivity contribution in [3.05, 3.63) is 78.5 Å². The van der Waals surface area contributed by atoms with E-state index in [1.807, 2.05) is 36.4 Å². The number of carbonyl (C=O) groups is 1. The van der Waals surface area contributed by atoms with Gasteiger partial charge in [-0.3, -0.25) is 0 Å². The summed E-state index contributed by atoms with van der Waals surface area (Å²) in [5.74, 6) is -0.162. The van der Waals surface area contributed by atoms with Crippen LogP contribution < -0.4 is 10.4 Å². The molecule has 0 amide bonds. The molecule has 0 fully saturated rings. The highest BCUT2D eigenvalue weighted by atomic mass is 28.3. The molecule has 1 aromatic heterocycles. The fraction of sp³-hybridized carbons (Fsp3) is 0.346. The van der Waals surface area contributed by atoms with Gasteiger partial charge >= 0.3 is 6.09 Å². The second kappa shape index (κ2) is 9.34. The molecular formula is C26H33NO4Si. The second-order valence-corrected chi connectivity index (χ2v) is 12.4. The number of hydrogen-bond acceptors (Lipinski definition) is 4. The van der Waals surface area contributed by atoms with E-state index >= 15 is 0 Å². The Morgan fingerprint density at radius 3 is 1.78 bits per heavy atom. The van der Waals surface area contributed by atoms with Gasteiger partial charge in [0.2, 0.25) is 14.9 Å². The summed E-state index contributed by atoms with van der Waals surface area (Å²) < 4.78 is 13.7. The Kier molecular flexibility index (Phi) is 6.96. The average Bonchev–Trinajstić information content (AvgIpc) is 3.09. The number of aromatic hydroxyl groups is 1. The first-order valence-corrected chi connectivity index (χ1v) is 12.5. The molecule has 0 aliphatic carbocycles. The first kappa shape index (κ1) is 23.8. The summed E-state index contributed by atoms with van der Waals surface area (Å²) in [5.41, 5.74) is -0.456. The van der Waals surface area contributed by atoms with E-state index in [0.29, 0.717) is 5.69 Å². The zero-order chi connectivity index (χ0) is 23.5. The van der Waals surface area contributed by atoms with Crippen LogP contribution in [-0.4, -0.2) is 30.4 Å². The Hall–Kier alpha value is -2.83. The molecule has 32 heavy (non-hydrogen) atoms. The summed E-state index contributed by atoms with van der Waals surface area (Å²) in [4.78, 5) is 13.0. The molecule has 0 spiro atoms. The second-order valence-electron chi connectivity index (χ2n) is 10.0. The van der Waals surface area contributed by atoms with Gasteiger partial charge in [-0.05, 0) is 42.6 Å². The fourth-order valence-electron chi connectivity index (χ4n) is 3.61. The Labute approximate surface area is 192 Å². The van der Waals surface area contributed by atoms with Crippen molar-refractivity contribution in [3.63, 3.8) is 0 Å². The quantitative estimate of drug-likeness (QED) is 0.575. The molecule has 5 nitrogen and oxygen atoms in total. The van der Waals surface area contributed by atoms with E-state index < -0.39 is 26.8 Å². The lowest BCUT2D eigenvalue weighted by Gasteiger charge is -2.35. The van der Waals surface area contributed by atoms with Gasteiger partial charge in [0.15, 0.2) is 0 Å². The van der Waals surface area contributed by atoms with Crippen LogP contribution in [-0.2, 0) is 9.16 Å². The summed E-state index contributed by atoms with van der Waals surface area (Å²) in [5, 5.41) is 12.8. The van der Waals surface area contributed by atoms with Crippen LogP contribution in [0.5, 0.6) is 5.88 Å². The monoisotopic (exact) mass is 451 g/mol. The number of aromatic nitrogens is 1. The summed E-state index contributed by atoms with van der Waals surface area (Å²) in [6.07, 6.45) is -1.07. The SMILES string of the molecule is CC(C)(C)OC(=O)n1c(O)ccc1C(O[SiH](c1ccccc1)c1ccccc1)C(C)(C)C. The normalized spacial score (nSPS) is 13.2. The molecule has 0 aliphatic rings. The van der Waals surface area contributed by atoms with Crippen LogP contribution in [0, 0.1) is 5.41 Å². The molecule has 0 saturated carbocycles. The predicted molar refractivity (Wildman–Crippen MR) is 130 cm³/mol. The van der Waals surface area contributed by atoms with Crippen molar-refractivity contribution in [3.8, 4) is 5.88 Å². The van der Waals surface area contributed by atoms with Crippen LogP contribution in [0.1, 0.15) is 53.3 Å². The summed E-state index contributed by atoms with van der Waals surface area (Å²) >= 11 is 0. The first-order chi connectivity index (χ1) is 15.0. The molecule has 1 heterocycles. The molecule has 0 saturated heterocycles. The lowest BCUT2D eigenvalue weighted by Crippen LogP contribution is -2.47. The standard InChI is InChI=1S/C26H33NO4Si/c1-25(2,3)23(21-17-18-22(28)27(21)24(29)30-26(4,5)6)31-32(19-13-9-7-10-14-19)20-15-11-8-12-16-20/h7-18,23,28,32H,1-6H3. The predicted octanol–water partition coefficient (Wildman–Crippen LogP) is 4.62. The minimum atomic E-state index is -2.11. The molecule has 0 aliphatic heterocycles. The zero-order valence-electron chi connectivity index (χ0n) is 19.7. The average molecular weight is 452 g/mol. The molecule has 0 radical (unpaired) electrons. The number of rotatable bonds is 5. The number of carbonyl (C=O) groups excluding carboxylic acids is 1. The summed E-state index contributed by atoms with van der Waals surface area (Å²) in [6.45, 7) is 11.6. The minimum absolute atomic E-state index is 0.162. The van der Waals surface area contributed by atoms with Crippen LogP contribution in [0.4, 0.5) is 4.79 Å². The highest BCUT2D eigenvalue weighted by Crippen LogP contribution is 2.38. The molecular weight excluding hydrogens is 418 g/mol. The largest absolute Gasteiger partial charge is 0.494 e. The van der Waals surface area contributed by atoms with Gasteiger partial charge in [-0.1, -0.05) is 81.4 Å². The molecule has 170 valence electrons. The Morgan fingerprint density at radius 1 is 0.844 bits per heavy atom. The van der Waals surface area contributed by atoms with E-state index in [0.717, 1.165) is 10.4 Å². The van der Waals surface area contributed by atoms with Crippen LogP contribution in [0.15, 0.2) is 72.8 Å². The highest BCUT2D eigenvalue weighted by Gasteiger charge is 2.36. The fourth-order valence-corrected chi connectivity index (χ4v) is 6.27. The lowest BCUT2D eigenvalue weighted by atomic mass is 9.87. The van der Waals surface area contributed by atoms with Gasteiger partial charge in [0, 0.05) is 6.07 Å². The lowest BCUT2D eigenvalue weighted by molar-refractivity contribution is 0.0456. The Bertz CT molecular complexity index is 994. The van der Waals surface area contributed by atoms with Crippen LogP contribution >= 0.6 is 0 Å². The minimum Gasteiger partial charge on any atom is -0.494 e. The third-order valence-electron chi connectivity index (χ3n) is 5.00. The molecule has 1 atom stereocenters. The smallest absolute Gasteiger partial charge is 0.421 e. The van der Waals surface area contributed by atoms with E-state index in [-0.39, 0.29) is 11.3 Å². The van der Waals surface area contributed by atoms with Crippen molar-refractivity contribution in [2.45, 2.75) is 53.2 Å². The van der Waals surface area contributed by atoms with Gasteiger partial charge in [0.25, 0.3) is 0 Å². The molecule has 3 aromatic rings. The number of benzene rings is 2. The van der Waals surface area contributed by atoms with Crippen LogP contribution in [0.2, 0.25) is 0 Å². The Balaban J connectivity index is 2.07. The van der Waals surface area contributed by atoms with Gasteiger partial charge in [-0.15, -0.1) is 0 Å². The van der Waals surface area contributed by atoms with Crippen molar-refractivity contribution >= 4 is 25.5 Å². The van der Waals surface area contributed by atoms with E-state index in [1.54, 1.807) is 26.8 Å². The van der Waals surface area contributed by atoms with Crippen LogP contribution in [0.3, 0.4) is 0 Å². The molecule has 6 heteroatoms. The van der Waals surface area contributed by atoms with Crippen molar-refractivity contribution in [1.29, 1.82) is 0 Å². The van der Waals surface area contributed by atoms with Gasteiger partial charge in [0.05, 0.1) is 11.8 Å². The van der Waals surface area contributed by atoms with Crippen molar-refractivity contribution < 1.29 is 19.1 Å². The summed E-state index contributed by atoms with van der Waals surface area (Å²) in [6, 6.07) is 23.7. The Morgan fingerprint density at radius 2 is 1.34 bits per heavy atom. The molecule has 2 aromatic carbocycles. The zero-order valence-corrected chi connectivity index (χ0v) is 20.9. The van der Waals surface area contributed by atoms with Crippen molar-refractivity contribution in [2.75, 3.05) is 0 Å². The number of nitrogens with zero attached hydrogens (tertiary/aromatic N) is 1. The maximum atomic E-state index is 13.0. The maximum Gasteiger partial charge on any atom is 0.421 e.